The molecule has 2 aromatic heterocycles. The van der Waals surface area contributed by atoms with E-state index in [2.05, 4.69) is 39.6 Å². The summed E-state index contributed by atoms with van der Waals surface area (Å²) in [7, 11) is 0. The number of aliphatic hydroxyl groups excluding tert-OH is 1. The van der Waals surface area contributed by atoms with Crippen LogP contribution in [0.5, 0.6) is 0 Å². The van der Waals surface area contributed by atoms with Crippen LogP contribution < -0.4 is 10.6 Å². The summed E-state index contributed by atoms with van der Waals surface area (Å²) in [5.74, 6) is 1.79. The molecule has 150 valence electrons. The minimum absolute atomic E-state index is 0. The van der Waals surface area contributed by atoms with E-state index in [1.165, 1.54) is 0 Å². The maximum atomic E-state index is 10.2. The average molecular weight is 487 g/mol. The molecule has 0 bridgehead atoms. The first kappa shape index (κ1) is 23.4. The van der Waals surface area contributed by atoms with Crippen LogP contribution in [-0.2, 0) is 6.54 Å². The third-order valence-corrected chi connectivity index (χ3v) is 4.27. The van der Waals surface area contributed by atoms with Crippen molar-refractivity contribution in [2.45, 2.75) is 52.2 Å². The van der Waals surface area contributed by atoms with Crippen molar-refractivity contribution < 1.29 is 9.63 Å². The van der Waals surface area contributed by atoms with E-state index >= 15 is 0 Å². The van der Waals surface area contributed by atoms with Crippen molar-refractivity contribution in [1.82, 2.24) is 20.8 Å². The Kier molecular flexibility index (Phi) is 11.0. The molecule has 0 aliphatic carbocycles. The Morgan fingerprint density at radius 1 is 1.19 bits per heavy atom. The highest BCUT2D eigenvalue weighted by atomic mass is 127. The van der Waals surface area contributed by atoms with Gasteiger partial charge in [-0.3, -0.25) is 4.98 Å². The third-order valence-electron chi connectivity index (χ3n) is 4.27. The van der Waals surface area contributed by atoms with Gasteiger partial charge in [0.15, 0.2) is 11.7 Å². The molecule has 0 amide bonds. The number of rotatable bonds is 9. The normalized spacial score (nSPS) is 12.6. The van der Waals surface area contributed by atoms with Gasteiger partial charge in [0.05, 0.1) is 11.8 Å². The van der Waals surface area contributed by atoms with Gasteiger partial charge in [0.25, 0.3) is 0 Å². The second kappa shape index (κ2) is 12.7. The van der Waals surface area contributed by atoms with E-state index in [0.29, 0.717) is 25.0 Å². The number of aromatic nitrogens is 2. The lowest BCUT2D eigenvalue weighted by Crippen LogP contribution is -2.39. The molecular weight excluding hydrogens is 457 g/mol. The van der Waals surface area contributed by atoms with Crippen molar-refractivity contribution in [3.63, 3.8) is 0 Å². The molecule has 1 atom stereocenters. The Bertz CT molecular complexity index is 674. The van der Waals surface area contributed by atoms with Gasteiger partial charge in [-0.15, -0.1) is 24.0 Å². The van der Waals surface area contributed by atoms with Gasteiger partial charge in [-0.05, 0) is 37.5 Å². The Morgan fingerprint density at radius 3 is 2.52 bits per heavy atom. The number of halogens is 1. The van der Waals surface area contributed by atoms with Crippen LogP contribution >= 0.6 is 24.0 Å². The maximum absolute atomic E-state index is 10.2. The summed E-state index contributed by atoms with van der Waals surface area (Å²) in [6.45, 7) is 7.78. The summed E-state index contributed by atoms with van der Waals surface area (Å²) >= 11 is 0. The number of hydrogen-bond acceptors (Lipinski definition) is 5. The first-order valence-electron chi connectivity index (χ1n) is 9.23. The Hall–Kier alpha value is -1.68. The molecule has 0 saturated carbocycles. The summed E-state index contributed by atoms with van der Waals surface area (Å²) in [4.78, 5) is 8.47. The minimum Gasteiger partial charge on any atom is -0.387 e. The SMILES string of the molecule is CCNC(=NCc1cc(C(CC)CC)no1)NCC(O)c1ccncc1.I. The van der Waals surface area contributed by atoms with Crippen LogP contribution in [0.3, 0.4) is 0 Å². The Morgan fingerprint density at radius 2 is 1.89 bits per heavy atom. The van der Waals surface area contributed by atoms with Crippen LogP contribution in [0.1, 0.15) is 62.7 Å². The standard InChI is InChI=1S/C19H29N5O2.HI/c1-4-14(5-2)17-11-16(26-24-17)12-22-19(21-6-3)23-13-18(25)15-7-9-20-10-8-15;/h7-11,14,18,25H,4-6,12-13H2,1-3H3,(H2,21,22,23);1H. The van der Waals surface area contributed by atoms with Crippen molar-refractivity contribution >= 4 is 29.9 Å². The summed E-state index contributed by atoms with van der Waals surface area (Å²) in [5, 5.41) is 20.7. The highest BCUT2D eigenvalue weighted by molar-refractivity contribution is 14.0. The van der Waals surface area contributed by atoms with Crippen LogP contribution in [0.15, 0.2) is 40.1 Å². The second-order valence-electron chi connectivity index (χ2n) is 6.10. The maximum Gasteiger partial charge on any atom is 0.191 e. The Balaban J connectivity index is 0.00000364. The molecule has 0 saturated heterocycles. The number of nitrogens with one attached hydrogen (secondary N) is 2. The zero-order valence-electron chi connectivity index (χ0n) is 16.2. The highest BCUT2D eigenvalue weighted by Crippen LogP contribution is 2.22. The van der Waals surface area contributed by atoms with Crippen LogP contribution in [0.2, 0.25) is 0 Å². The first-order valence-corrected chi connectivity index (χ1v) is 9.23. The fourth-order valence-electron chi connectivity index (χ4n) is 2.70. The van der Waals surface area contributed by atoms with E-state index in [9.17, 15) is 5.11 Å². The molecule has 0 aliphatic heterocycles. The number of guanidine groups is 1. The highest BCUT2D eigenvalue weighted by Gasteiger charge is 2.13. The fraction of sp³-hybridized carbons (Fsp3) is 0.526. The van der Waals surface area contributed by atoms with Crippen LogP contribution in [0, 0.1) is 0 Å². The molecule has 0 aliphatic rings. The quantitative estimate of drug-likeness (QED) is 0.285. The molecule has 3 N–H and O–H groups in total. The zero-order chi connectivity index (χ0) is 18.8. The van der Waals surface area contributed by atoms with E-state index in [0.717, 1.165) is 36.4 Å². The first-order chi connectivity index (χ1) is 12.7. The van der Waals surface area contributed by atoms with Crippen molar-refractivity contribution in [2.24, 2.45) is 4.99 Å². The van der Waals surface area contributed by atoms with Crippen LogP contribution in [0.25, 0.3) is 0 Å². The van der Waals surface area contributed by atoms with Crippen molar-refractivity contribution in [2.75, 3.05) is 13.1 Å². The Labute approximate surface area is 178 Å². The smallest absolute Gasteiger partial charge is 0.191 e. The molecule has 1 unspecified atom stereocenters. The molecule has 2 heterocycles. The van der Waals surface area contributed by atoms with Crippen molar-refractivity contribution in [3.8, 4) is 0 Å². The lowest BCUT2D eigenvalue weighted by atomic mass is 9.99. The van der Waals surface area contributed by atoms with E-state index < -0.39 is 6.10 Å². The summed E-state index contributed by atoms with van der Waals surface area (Å²) in [5.41, 5.74) is 1.81. The molecule has 0 radical (unpaired) electrons. The van der Waals surface area contributed by atoms with Gasteiger partial charge in [-0.2, -0.15) is 0 Å². The molecule has 2 aromatic rings. The summed E-state index contributed by atoms with van der Waals surface area (Å²) in [6, 6.07) is 5.57. The molecule has 0 aromatic carbocycles. The molecular formula is C19H30IN5O2. The molecule has 27 heavy (non-hydrogen) atoms. The van der Waals surface area contributed by atoms with Crippen molar-refractivity contribution in [3.05, 3.63) is 47.6 Å². The van der Waals surface area contributed by atoms with Gasteiger partial charge in [0.1, 0.15) is 6.54 Å². The lowest BCUT2D eigenvalue weighted by molar-refractivity contribution is 0.180. The summed E-state index contributed by atoms with van der Waals surface area (Å²) in [6.07, 6.45) is 4.79. The van der Waals surface area contributed by atoms with Crippen LogP contribution in [-0.4, -0.2) is 34.3 Å². The fourth-order valence-corrected chi connectivity index (χ4v) is 2.70. The number of aliphatic hydroxyl groups is 1. The average Bonchev–Trinajstić information content (AvgIpc) is 3.14. The van der Waals surface area contributed by atoms with Crippen molar-refractivity contribution in [1.29, 1.82) is 0 Å². The molecule has 8 heteroatoms. The number of nitrogens with zero attached hydrogens (tertiary/aromatic N) is 3. The second-order valence-corrected chi connectivity index (χ2v) is 6.10. The predicted octanol–water partition coefficient (Wildman–Crippen LogP) is 3.38. The number of aliphatic imine (C=N–C) groups is 1. The van der Waals surface area contributed by atoms with Gasteiger partial charge in [-0.25, -0.2) is 4.99 Å². The van der Waals surface area contributed by atoms with Gasteiger partial charge in [-0.1, -0.05) is 19.0 Å². The summed E-state index contributed by atoms with van der Waals surface area (Å²) < 4.78 is 5.40. The minimum atomic E-state index is -0.631. The number of hydrogen-bond donors (Lipinski definition) is 3. The topological polar surface area (TPSA) is 95.6 Å². The zero-order valence-corrected chi connectivity index (χ0v) is 18.5. The van der Waals surface area contributed by atoms with E-state index in [4.69, 9.17) is 4.52 Å². The number of pyridine rings is 1. The van der Waals surface area contributed by atoms with Gasteiger partial charge in [0.2, 0.25) is 0 Å². The molecule has 0 spiro atoms. The predicted molar refractivity (Wildman–Crippen MR) is 117 cm³/mol. The molecule has 2 rings (SSSR count). The molecule has 7 nitrogen and oxygen atoms in total. The third kappa shape index (κ3) is 7.45. The van der Waals surface area contributed by atoms with Gasteiger partial charge >= 0.3 is 0 Å². The van der Waals surface area contributed by atoms with Gasteiger partial charge < -0.3 is 20.3 Å². The monoisotopic (exact) mass is 487 g/mol. The van der Waals surface area contributed by atoms with E-state index in [1.54, 1.807) is 24.5 Å². The van der Waals surface area contributed by atoms with E-state index in [1.807, 2.05) is 13.0 Å². The van der Waals surface area contributed by atoms with Gasteiger partial charge in [0, 0.05) is 37.5 Å². The lowest BCUT2D eigenvalue weighted by Gasteiger charge is -2.15. The largest absolute Gasteiger partial charge is 0.387 e. The van der Waals surface area contributed by atoms with E-state index in [-0.39, 0.29) is 24.0 Å². The van der Waals surface area contributed by atoms with Crippen LogP contribution in [0.4, 0.5) is 0 Å². The molecule has 0 fully saturated rings.